The minimum Gasteiger partial charge on any atom is -0.315 e. The van der Waals surface area contributed by atoms with Crippen molar-refractivity contribution in [1.82, 2.24) is 0 Å². The standard InChI is InChI=1S/C21H22N2O/c1-3-7-18-14-21(18,17-8-5-4-6-9-17)20(24)23(2)19-12-10-16(15-22)11-13-19/h4-6,8-13,18H,3,7,14H2,1-2H3. The maximum atomic E-state index is 13.3. The van der Waals surface area contributed by atoms with Crippen LogP contribution in [-0.2, 0) is 10.2 Å². The Hall–Kier alpha value is -2.60. The van der Waals surface area contributed by atoms with E-state index in [-0.39, 0.29) is 11.3 Å². The molecule has 1 amide bonds. The molecule has 0 N–H and O–H groups in total. The number of likely N-dealkylation sites (N-methyl/N-ethyl adjacent to an activating group) is 1. The molecular weight excluding hydrogens is 296 g/mol. The van der Waals surface area contributed by atoms with E-state index in [1.165, 1.54) is 0 Å². The minimum atomic E-state index is -0.389. The van der Waals surface area contributed by atoms with Crippen LogP contribution in [0.4, 0.5) is 5.69 Å². The van der Waals surface area contributed by atoms with Crippen molar-refractivity contribution in [3.63, 3.8) is 0 Å². The van der Waals surface area contributed by atoms with Crippen molar-refractivity contribution in [1.29, 1.82) is 5.26 Å². The lowest BCUT2D eigenvalue weighted by atomic mass is 9.90. The number of amides is 1. The van der Waals surface area contributed by atoms with E-state index in [4.69, 9.17) is 5.26 Å². The summed E-state index contributed by atoms with van der Waals surface area (Å²) in [5, 5.41) is 8.93. The van der Waals surface area contributed by atoms with Crippen LogP contribution >= 0.6 is 0 Å². The molecule has 0 aromatic heterocycles. The molecule has 0 radical (unpaired) electrons. The summed E-state index contributed by atoms with van der Waals surface area (Å²) in [6, 6.07) is 19.4. The highest BCUT2D eigenvalue weighted by Gasteiger charge is 2.61. The van der Waals surface area contributed by atoms with Crippen molar-refractivity contribution < 1.29 is 4.79 Å². The molecule has 1 aliphatic rings. The lowest BCUT2D eigenvalue weighted by molar-refractivity contribution is -0.121. The van der Waals surface area contributed by atoms with Gasteiger partial charge in [-0.1, -0.05) is 43.7 Å². The van der Waals surface area contributed by atoms with Crippen LogP contribution in [-0.4, -0.2) is 13.0 Å². The Bertz CT molecular complexity index is 761. The van der Waals surface area contributed by atoms with Gasteiger partial charge in [-0.25, -0.2) is 0 Å². The van der Waals surface area contributed by atoms with Gasteiger partial charge in [0.15, 0.2) is 0 Å². The van der Waals surface area contributed by atoms with Gasteiger partial charge in [-0.15, -0.1) is 0 Å². The van der Waals surface area contributed by atoms with Gasteiger partial charge in [0.05, 0.1) is 17.0 Å². The van der Waals surface area contributed by atoms with Crippen LogP contribution in [0.3, 0.4) is 0 Å². The largest absolute Gasteiger partial charge is 0.315 e. The predicted octanol–water partition coefficient (Wildman–Crippen LogP) is 4.28. The molecule has 3 nitrogen and oxygen atoms in total. The predicted molar refractivity (Wildman–Crippen MR) is 95.7 cm³/mol. The summed E-state index contributed by atoms with van der Waals surface area (Å²) in [6.07, 6.45) is 3.08. The van der Waals surface area contributed by atoms with Gasteiger partial charge in [-0.2, -0.15) is 5.26 Å². The average molecular weight is 318 g/mol. The third-order valence-electron chi connectivity index (χ3n) is 5.10. The van der Waals surface area contributed by atoms with Crippen molar-refractivity contribution in [2.75, 3.05) is 11.9 Å². The molecule has 24 heavy (non-hydrogen) atoms. The Balaban J connectivity index is 1.91. The molecule has 3 heteroatoms. The molecule has 3 rings (SSSR count). The zero-order valence-electron chi connectivity index (χ0n) is 14.2. The molecule has 2 aromatic carbocycles. The van der Waals surface area contributed by atoms with Crippen LogP contribution < -0.4 is 4.90 Å². The maximum absolute atomic E-state index is 13.3. The van der Waals surface area contributed by atoms with Crippen LogP contribution in [0.25, 0.3) is 0 Å². The van der Waals surface area contributed by atoms with Crippen LogP contribution in [0, 0.1) is 17.2 Å². The monoisotopic (exact) mass is 318 g/mol. The lowest BCUT2D eigenvalue weighted by Crippen LogP contribution is -2.38. The highest BCUT2D eigenvalue weighted by atomic mass is 16.2. The fraction of sp³-hybridized carbons (Fsp3) is 0.333. The van der Waals surface area contributed by atoms with Crippen molar-refractivity contribution in [3.8, 4) is 6.07 Å². The molecule has 0 bridgehead atoms. The topological polar surface area (TPSA) is 44.1 Å². The van der Waals surface area contributed by atoms with Crippen LogP contribution in [0.2, 0.25) is 0 Å². The Morgan fingerprint density at radius 3 is 2.46 bits per heavy atom. The van der Waals surface area contributed by atoms with E-state index in [1.807, 2.05) is 37.4 Å². The number of hydrogen-bond acceptors (Lipinski definition) is 2. The summed E-state index contributed by atoms with van der Waals surface area (Å²) < 4.78 is 0. The smallest absolute Gasteiger partial charge is 0.237 e. The first-order chi connectivity index (χ1) is 11.6. The van der Waals surface area contributed by atoms with E-state index in [1.54, 1.807) is 17.0 Å². The van der Waals surface area contributed by atoms with Gasteiger partial charge >= 0.3 is 0 Å². The second kappa shape index (κ2) is 6.49. The summed E-state index contributed by atoms with van der Waals surface area (Å²) in [6.45, 7) is 2.17. The summed E-state index contributed by atoms with van der Waals surface area (Å²) in [7, 11) is 1.83. The first-order valence-electron chi connectivity index (χ1n) is 8.47. The summed E-state index contributed by atoms with van der Waals surface area (Å²) in [4.78, 5) is 15.1. The van der Waals surface area contributed by atoms with Gasteiger partial charge in [-0.05, 0) is 48.6 Å². The van der Waals surface area contributed by atoms with E-state index in [0.29, 0.717) is 11.5 Å². The summed E-state index contributed by atoms with van der Waals surface area (Å²) in [5.41, 5.74) is 2.16. The third-order valence-corrected chi connectivity index (χ3v) is 5.10. The lowest BCUT2D eigenvalue weighted by Gasteiger charge is -2.25. The SMILES string of the molecule is CCCC1CC1(C(=O)N(C)c1ccc(C#N)cc1)c1ccccc1. The minimum absolute atomic E-state index is 0.150. The maximum Gasteiger partial charge on any atom is 0.237 e. The molecule has 122 valence electrons. The molecule has 0 heterocycles. The van der Waals surface area contributed by atoms with Crippen LogP contribution in [0.1, 0.15) is 37.3 Å². The molecule has 2 atom stereocenters. The van der Waals surface area contributed by atoms with Gasteiger partial charge in [0.2, 0.25) is 5.91 Å². The number of carbonyl (C=O) groups excluding carboxylic acids is 1. The van der Waals surface area contributed by atoms with Crippen molar-refractivity contribution in [2.24, 2.45) is 5.92 Å². The zero-order valence-corrected chi connectivity index (χ0v) is 14.2. The summed E-state index contributed by atoms with van der Waals surface area (Å²) in [5.74, 6) is 0.565. The molecular formula is C21H22N2O. The molecule has 0 saturated heterocycles. The van der Waals surface area contributed by atoms with E-state index < -0.39 is 0 Å². The highest BCUT2D eigenvalue weighted by Crippen LogP contribution is 2.57. The number of rotatable bonds is 5. The van der Waals surface area contributed by atoms with Gasteiger partial charge in [-0.3, -0.25) is 4.79 Å². The number of benzene rings is 2. The Labute approximate surface area is 143 Å². The first-order valence-corrected chi connectivity index (χ1v) is 8.47. The molecule has 1 saturated carbocycles. The fourth-order valence-electron chi connectivity index (χ4n) is 3.68. The normalized spacial score (nSPS) is 21.8. The quantitative estimate of drug-likeness (QED) is 0.826. The van der Waals surface area contributed by atoms with Crippen molar-refractivity contribution in [2.45, 2.75) is 31.6 Å². The Kier molecular flexibility index (Phi) is 4.40. The number of carbonyl (C=O) groups is 1. The number of nitrogens with zero attached hydrogens (tertiary/aromatic N) is 2. The Morgan fingerprint density at radius 2 is 1.88 bits per heavy atom. The second-order valence-electron chi connectivity index (χ2n) is 6.55. The van der Waals surface area contributed by atoms with Crippen molar-refractivity contribution >= 4 is 11.6 Å². The van der Waals surface area contributed by atoms with E-state index in [9.17, 15) is 4.79 Å². The number of nitriles is 1. The summed E-state index contributed by atoms with van der Waals surface area (Å²) >= 11 is 0. The molecule has 0 spiro atoms. The van der Waals surface area contributed by atoms with Gasteiger partial charge < -0.3 is 4.90 Å². The number of hydrogen-bond donors (Lipinski definition) is 0. The average Bonchev–Trinajstić information content (AvgIpc) is 3.37. The second-order valence-corrected chi connectivity index (χ2v) is 6.55. The van der Waals surface area contributed by atoms with E-state index in [2.05, 4.69) is 25.1 Å². The van der Waals surface area contributed by atoms with E-state index >= 15 is 0 Å². The zero-order chi connectivity index (χ0) is 17.2. The van der Waals surface area contributed by atoms with Crippen molar-refractivity contribution in [3.05, 3.63) is 65.7 Å². The first kappa shape index (κ1) is 16.3. The number of anilines is 1. The molecule has 2 aromatic rings. The fourth-order valence-corrected chi connectivity index (χ4v) is 3.68. The van der Waals surface area contributed by atoms with E-state index in [0.717, 1.165) is 30.5 Å². The molecule has 2 unspecified atom stereocenters. The van der Waals surface area contributed by atoms with Crippen LogP contribution in [0.5, 0.6) is 0 Å². The molecule has 0 aliphatic heterocycles. The highest BCUT2D eigenvalue weighted by molar-refractivity contribution is 6.03. The van der Waals surface area contributed by atoms with Gasteiger partial charge in [0.1, 0.15) is 0 Å². The van der Waals surface area contributed by atoms with Gasteiger partial charge in [0.25, 0.3) is 0 Å². The third kappa shape index (κ3) is 2.69. The Morgan fingerprint density at radius 1 is 1.21 bits per heavy atom. The molecule has 1 fully saturated rings. The molecule has 1 aliphatic carbocycles. The van der Waals surface area contributed by atoms with Gasteiger partial charge in [0, 0.05) is 12.7 Å². The van der Waals surface area contributed by atoms with Crippen LogP contribution in [0.15, 0.2) is 54.6 Å².